The van der Waals surface area contributed by atoms with Crippen LogP contribution < -0.4 is 15.4 Å². The Kier molecular flexibility index (Phi) is 3.78. The van der Waals surface area contributed by atoms with Crippen LogP contribution in [0.4, 0.5) is 24.9 Å². The number of aromatic nitrogens is 3. The molecule has 4 atom stereocenters. The molecular formula is C20H22F3N5O2S. The van der Waals surface area contributed by atoms with Gasteiger partial charge < -0.3 is 14.5 Å². The van der Waals surface area contributed by atoms with E-state index in [9.17, 15) is 18.0 Å². The van der Waals surface area contributed by atoms with E-state index < -0.39 is 23.8 Å². The van der Waals surface area contributed by atoms with E-state index in [1.54, 1.807) is 5.51 Å². The summed E-state index contributed by atoms with van der Waals surface area (Å²) >= 11 is 1.43. The zero-order valence-corrected chi connectivity index (χ0v) is 18.0. The van der Waals surface area contributed by atoms with E-state index in [2.05, 4.69) is 14.9 Å². The lowest BCUT2D eigenvalue weighted by Gasteiger charge is -2.47. The molecule has 0 aromatic carbocycles. The lowest BCUT2D eigenvalue weighted by molar-refractivity contribution is -0.182. The highest BCUT2D eigenvalue weighted by atomic mass is 32.1. The second-order valence-electron chi connectivity index (χ2n) is 9.20. The van der Waals surface area contributed by atoms with Crippen LogP contribution in [0.2, 0.25) is 0 Å². The van der Waals surface area contributed by atoms with Gasteiger partial charge in [0.1, 0.15) is 5.82 Å². The molecule has 0 N–H and O–H groups in total. The van der Waals surface area contributed by atoms with Gasteiger partial charge in [-0.05, 0) is 20.3 Å². The molecule has 166 valence electrons. The van der Waals surface area contributed by atoms with Crippen molar-refractivity contribution >= 4 is 23.1 Å². The van der Waals surface area contributed by atoms with Crippen LogP contribution in [0.3, 0.4) is 0 Å². The standard InChI is InChI=1S/C20H22F3N5O2S/c1-11-13(31-10-24-11)3-4-27-17-25-15(28-7-14-19(28)6-12(19)8-30-14)5-16(29)26(17)9-18(27,2)20(21,22)23/h5,10,12,14H,3-4,6-9H2,1-2H3/t12?,14-,18?,19?/m1/s1. The molecule has 3 unspecified atom stereocenters. The molecule has 4 aliphatic rings. The van der Waals surface area contributed by atoms with Gasteiger partial charge in [-0.3, -0.25) is 9.36 Å². The summed E-state index contributed by atoms with van der Waals surface area (Å²) in [6.45, 7) is 3.98. The van der Waals surface area contributed by atoms with Crippen molar-refractivity contribution in [2.75, 3.05) is 29.5 Å². The molecule has 5 heterocycles. The molecule has 2 saturated heterocycles. The van der Waals surface area contributed by atoms with E-state index in [1.807, 2.05) is 6.92 Å². The lowest BCUT2D eigenvalue weighted by Crippen LogP contribution is -2.63. The molecule has 1 saturated carbocycles. The van der Waals surface area contributed by atoms with Crippen molar-refractivity contribution in [3.05, 3.63) is 32.5 Å². The van der Waals surface area contributed by atoms with E-state index in [0.29, 0.717) is 31.3 Å². The maximum absolute atomic E-state index is 14.2. The summed E-state index contributed by atoms with van der Waals surface area (Å²) in [4.78, 5) is 26.0. The highest BCUT2D eigenvalue weighted by Gasteiger charge is 2.74. The second kappa shape index (κ2) is 6.00. The Balaban J connectivity index is 1.38. The van der Waals surface area contributed by atoms with Crippen LogP contribution in [0.15, 0.2) is 16.4 Å². The summed E-state index contributed by atoms with van der Waals surface area (Å²) in [7, 11) is 0. The molecule has 2 aromatic heterocycles. The first-order valence-corrected chi connectivity index (χ1v) is 11.3. The van der Waals surface area contributed by atoms with Crippen molar-refractivity contribution in [3.8, 4) is 0 Å². The first-order valence-electron chi connectivity index (χ1n) is 10.4. The number of hydrogen-bond acceptors (Lipinski definition) is 7. The number of alkyl halides is 3. The van der Waals surface area contributed by atoms with Crippen LogP contribution in [0.1, 0.15) is 23.9 Å². The Labute approximate surface area is 180 Å². The third-order valence-corrected chi connectivity index (χ3v) is 8.59. The minimum Gasteiger partial charge on any atom is -0.374 e. The normalized spacial score (nSPS) is 33.2. The Hall–Kier alpha value is -2.14. The minimum atomic E-state index is -4.52. The van der Waals surface area contributed by atoms with Gasteiger partial charge in [-0.15, -0.1) is 11.3 Å². The predicted molar refractivity (Wildman–Crippen MR) is 109 cm³/mol. The van der Waals surface area contributed by atoms with Crippen LogP contribution in [0.25, 0.3) is 0 Å². The first kappa shape index (κ1) is 19.5. The number of anilines is 2. The van der Waals surface area contributed by atoms with Crippen molar-refractivity contribution in [2.24, 2.45) is 5.92 Å². The van der Waals surface area contributed by atoms with Gasteiger partial charge in [-0.2, -0.15) is 18.2 Å². The number of hydrogen-bond donors (Lipinski definition) is 0. The van der Waals surface area contributed by atoms with E-state index >= 15 is 0 Å². The van der Waals surface area contributed by atoms with Gasteiger partial charge in [0.25, 0.3) is 5.56 Å². The van der Waals surface area contributed by atoms with Gasteiger partial charge in [-0.25, -0.2) is 4.98 Å². The van der Waals surface area contributed by atoms with Gasteiger partial charge >= 0.3 is 6.18 Å². The Morgan fingerprint density at radius 3 is 2.84 bits per heavy atom. The van der Waals surface area contributed by atoms with Crippen LogP contribution >= 0.6 is 11.3 Å². The summed E-state index contributed by atoms with van der Waals surface area (Å²) < 4.78 is 49.5. The topological polar surface area (TPSA) is 63.5 Å². The zero-order valence-electron chi connectivity index (χ0n) is 17.1. The van der Waals surface area contributed by atoms with Gasteiger partial charge in [0.15, 0.2) is 5.54 Å². The number of aryl methyl sites for hydroxylation is 1. The Bertz CT molecular complexity index is 1130. The molecule has 11 heteroatoms. The highest BCUT2D eigenvalue weighted by Crippen LogP contribution is 2.63. The fourth-order valence-corrected chi connectivity index (χ4v) is 6.28. The van der Waals surface area contributed by atoms with Crippen molar-refractivity contribution in [1.82, 2.24) is 14.5 Å². The largest absolute Gasteiger partial charge is 0.413 e. The fourth-order valence-electron chi connectivity index (χ4n) is 5.51. The number of rotatable bonds is 4. The van der Waals surface area contributed by atoms with Gasteiger partial charge in [-0.1, -0.05) is 0 Å². The molecule has 1 aliphatic carbocycles. The van der Waals surface area contributed by atoms with Crippen molar-refractivity contribution in [2.45, 2.75) is 56.6 Å². The van der Waals surface area contributed by atoms with Crippen molar-refractivity contribution < 1.29 is 17.9 Å². The fraction of sp³-hybridized carbons (Fsp3) is 0.650. The average molecular weight is 453 g/mol. The Morgan fingerprint density at radius 2 is 2.19 bits per heavy atom. The van der Waals surface area contributed by atoms with Crippen molar-refractivity contribution in [3.63, 3.8) is 0 Å². The molecule has 0 bridgehead atoms. The summed E-state index contributed by atoms with van der Waals surface area (Å²) in [6, 6.07) is 1.38. The SMILES string of the molecule is Cc1ncsc1CCN1c2nc(N3C[C@H]4OCC5CC543)cc(=O)n2CC1(C)C(F)(F)F. The maximum atomic E-state index is 14.2. The summed E-state index contributed by atoms with van der Waals surface area (Å²) in [6.07, 6.45) is -2.97. The van der Waals surface area contributed by atoms with Gasteiger partial charge in [0.2, 0.25) is 5.95 Å². The van der Waals surface area contributed by atoms with Crippen LogP contribution in [0.5, 0.6) is 0 Å². The molecule has 0 radical (unpaired) electrons. The third-order valence-electron chi connectivity index (χ3n) is 7.60. The molecule has 3 fully saturated rings. The van der Waals surface area contributed by atoms with Crippen molar-refractivity contribution in [1.29, 1.82) is 0 Å². The number of fused-ring (bicyclic) bond motifs is 1. The predicted octanol–water partition coefficient (Wildman–Crippen LogP) is 2.37. The third kappa shape index (κ3) is 2.47. The molecule has 2 aromatic rings. The van der Waals surface area contributed by atoms with E-state index in [0.717, 1.165) is 23.9 Å². The quantitative estimate of drug-likeness (QED) is 0.709. The van der Waals surface area contributed by atoms with E-state index in [-0.39, 0.29) is 24.1 Å². The number of thiazole rings is 1. The van der Waals surface area contributed by atoms with E-state index in [4.69, 9.17) is 4.74 Å². The smallest absolute Gasteiger partial charge is 0.374 e. The van der Waals surface area contributed by atoms with E-state index in [1.165, 1.54) is 26.9 Å². The van der Waals surface area contributed by atoms with Gasteiger partial charge in [0.05, 0.1) is 36.0 Å². The van der Waals surface area contributed by atoms with Crippen LogP contribution in [-0.2, 0) is 17.7 Å². The summed E-state index contributed by atoms with van der Waals surface area (Å²) in [5, 5.41) is 0. The molecular weight excluding hydrogens is 431 g/mol. The number of ether oxygens (including phenoxy) is 1. The molecule has 3 aliphatic heterocycles. The zero-order chi connectivity index (χ0) is 21.8. The molecule has 7 nitrogen and oxygen atoms in total. The minimum absolute atomic E-state index is 0.0976. The highest BCUT2D eigenvalue weighted by molar-refractivity contribution is 7.09. The average Bonchev–Trinajstić information content (AvgIpc) is 3.07. The molecule has 1 spiro atoms. The van der Waals surface area contributed by atoms with Crippen LogP contribution in [-0.4, -0.2) is 57.6 Å². The van der Waals surface area contributed by atoms with Crippen LogP contribution in [0, 0.1) is 12.8 Å². The van der Waals surface area contributed by atoms with Gasteiger partial charge in [0, 0.05) is 36.4 Å². The molecule has 6 rings (SSSR count). The maximum Gasteiger partial charge on any atom is 0.413 e. The monoisotopic (exact) mass is 453 g/mol. The summed E-state index contributed by atoms with van der Waals surface area (Å²) in [5.74, 6) is 0.987. The lowest BCUT2D eigenvalue weighted by atomic mass is 9.95. The molecule has 31 heavy (non-hydrogen) atoms. The molecule has 0 amide bonds. The number of halogens is 3. The first-order chi connectivity index (χ1) is 14.6. The number of nitrogens with zero attached hydrogens (tertiary/aromatic N) is 5. The summed E-state index contributed by atoms with van der Waals surface area (Å²) in [5.41, 5.74) is -0.222. The Morgan fingerprint density at radius 1 is 1.39 bits per heavy atom. The second-order valence-corrected chi connectivity index (χ2v) is 10.1.